The highest BCUT2D eigenvalue weighted by Crippen LogP contribution is 2.34. The van der Waals surface area contributed by atoms with E-state index in [1.165, 1.54) is 0 Å². The Labute approximate surface area is 201 Å². The van der Waals surface area contributed by atoms with Gasteiger partial charge in [-0.2, -0.15) is 0 Å². The number of piperidine rings is 1. The lowest BCUT2D eigenvalue weighted by Crippen LogP contribution is -2.42. The van der Waals surface area contributed by atoms with Crippen molar-refractivity contribution in [2.45, 2.75) is 87.8 Å². The summed E-state index contributed by atoms with van der Waals surface area (Å²) in [5.74, 6) is 0.959. The number of hydrogen-bond acceptors (Lipinski definition) is 7. The molecular weight excluding hydrogens is 458 g/mol. The van der Waals surface area contributed by atoms with Crippen molar-refractivity contribution < 1.29 is 27.4 Å². The van der Waals surface area contributed by atoms with Gasteiger partial charge in [-0.05, 0) is 57.4 Å². The predicted octanol–water partition coefficient (Wildman–Crippen LogP) is 4.20. The molecule has 1 aromatic carbocycles. The molecule has 34 heavy (non-hydrogen) atoms. The zero-order valence-corrected chi connectivity index (χ0v) is 20.9. The number of carbonyl (C=O) groups excluding carboxylic acids is 1. The Hall–Kier alpha value is -2.62. The molecule has 0 radical (unpaired) electrons. The highest BCUT2D eigenvalue weighted by molar-refractivity contribution is 7.92. The fourth-order valence-corrected chi connectivity index (χ4v) is 5.34. The summed E-state index contributed by atoms with van der Waals surface area (Å²) in [6.07, 6.45) is 4.04. The molecule has 2 aliphatic rings. The van der Waals surface area contributed by atoms with E-state index in [1.54, 1.807) is 29.2 Å². The van der Waals surface area contributed by atoms with E-state index in [0.29, 0.717) is 48.9 Å². The molecule has 2 unspecified atom stereocenters. The smallest absolute Gasteiger partial charge is 0.410 e. The monoisotopic (exact) mass is 493 g/mol. The molecule has 1 saturated heterocycles. The van der Waals surface area contributed by atoms with Crippen LogP contribution in [0.4, 0.5) is 4.79 Å². The number of rotatable bonds is 10. The number of sulfone groups is 1. The molecule has 1 amide bonds. The molecule has 1 aliphatic carbocycles. The lowest BCUT2D eigenvalue weighted by Gasteiger charge is -2.32. The van der Waals surface area contributed by atoms with Gasteiger partial charge in [-0.25, -0.2) is 18.2 Å². The second kappa shape index (κ2) is 11.7. The van der Waals surface area contributed by atoms with Gasteiger partial charge in [0, 0.05) is 25.9 Å². The normalized spacial score (nSPS) is 19.3. The highest BCUT2D eigenvalue weighted by atomic mass is 32.2. The lowest BCUT2D eigenvalue weighted by atomic mass is 10.1. The minimum atomic E-state index is -3.22. The summed E-state index contributed by atoms with van der Waals surface area (Å²) in [7, 11) is -3.22. The number of likely N-dealkylation sites (tertiary alicyclic amines) is 1. The summed E-state index contributed by atoms with van der Waals surface area (Å²) in [4.78, 5) is 18.3. The third kappa shape index (κ3) is 7.19. The number of nitrogens with zero attached hydrogens (tertiary/aromatic N) is 2. The van der Waals surface area contributed by atoms with Crippen molar-refractivity contribution in [3.8, 4) is 5.75 Å². The molecule has 188 valence electrons. The van der Waals surface area contributed by atoms with E-state index in [1.807, 2.05) is 20.8 Å². The van der Waals surface area contributed by atoms with Crippen LogP contribution in [-0.2, 0) is 19.3 Å². The highest BCUT2D eigenvalue weighted by Gasteiger charge is 2.36. The number of aliphatic imine (C=N–C) groups is 1. The minimum absolute atomic E-state index is 0.104. The summed E-state index contributed by atoms with van der Waals surface area (Å²) in [6, 6.07) is 6.49. The first-order valence-corrected chi connectivity index (χ1v) is 13.5. The van der Waals surface area contributed by atoms with Crippen molar-refractivity contribution in [1.29, 1.82) is 5.41 Å². The van der Waals surface area contributed by atoms with E-state index in [2.05, 4.69) is 4.99 Å². The molecule has 3 rings (SSSR count). The summed E-state index contributed by atoms with van der Waals surface area (Å²) >= 11 is 0. The molecule has 9 nitrogen and oxygen atoms in total. The number of benzene rings is 1. The van der Waals surface area contributed by atoms with Gasteiger partial charge in [0.25, 0.3) is 0 Å². The Morgan fingerprint density at radius 2 is 1.79 bits per heavy atom. The van der Waals surface area contributed by atoms with Crippen LogP contribution in [0.3, 0.4) is 0 Å². The predicted molar refractivity (Wildman–Crippen MR) is 129 cm³/mol. The first-order chi connectivity index (χ1) is 16.2. The number of nitrogens with one attached hydrogen (secondary N) is 1. The third-order valence-electron chi connectivity index (χ3n) is 6.00. The van der Waals surface area contributed by atoms with Gasteiger partial charge in [0.05, 0.1) is 16.6 Å². The van der Waals surface area contributed by atoms with E-state index in [0.717, 1.165) is 25.6 Å². The van der Waals surface area contributed by atoms with Crippen molar-refractivity contribution in [2.75, 3.05) is 13.1 Å². The molecule has 1 aliphatic heterocycles. The lowest BCUT2D eigenvalue weighted by molar-refractivity contribution is 0.0425. The molecule has 1 N–H and O–H groups in total. The average molecular weight is 494 g/mol. The summed E-state index contributed by atoms with van der Waals surface area (Å²) in [5, 5.41) is 7.11. The van der Waals surface area contributed by atoms with Crippen molar-refractivity contribution in [3.05, 3.63) is 24.3 Å². The molecular formula is C24H35N3O6S. The van der Waals surface area contributed by atoms with Gasteiger partial charge < -0.3 is 19.1 Å². The maximum absolute atomic E-state index is 12.3. The third-order valence-corrected chi connectivity index (χ3v) is 8.28. The topological polar surface area (TPSA) is 118 Å². The first-order valence-electron chi connectivity index (χ1n) is 11.9. The molecule has 2 fully saturated rings. The van der Waals surface area contributed by atoms with Crippen molar-refractivity contribution in [2.24, 2.45) is 4.99 Å². The van der Waals surface area contributed by atoms with E-state index < -0.39 is 9.84 Å². The SMILES string of the molecule is CCC(C)OC(=O)N1CCC(OC(CC(C)Oc2ccc(S(=O)(=O)C3CC3)cc2)=NC=N)CC1. The molecule has 1 aromatic rings. The maximum atomic E-state index is 12.3. The molecule has 0 spiro atoms. The second-order valence-electron chi connectivity index (χ2n) is 8.91. The number of amides is 1. The van der Waals surface area contributed by atoms with Gasteiger partial charge in [0.2, 0.25) is 0 Å². The Bertz CT molecular complexity index is 967. The van der Waals surface area contributed by atoms with Gasteiger partial charge in [0.15, 0.2) is 15.7 Å². The van der Waals surface area contributed by atoms with Gasteiger partial charge in [0.1, 0.15) is 30.4 Å². The Morgan fingerprint density at radius 1 is 1.15 bits per heavy atom. The van der Waals surface area contributed by atoms with Crippen LogP contribution in [0.1, 0.15) is 59.3 Å². The van der Waals surface area contributed by atoms with Gasteiger partial charge in [-0.15, -0.1) is 0 Å². The average Bonchev–Trinajstić information content (AvgIpc) is 3.66. The van der Waals surface area contributed by atoms with Crippen LogP contribution in [0.15, 0.2) is 34.2 Å². The molecule has 0 bridgehead atoms. The van der Waals surface area contributed by atoms with Crippen LogP contribution >= 0.6 is 0 Å². The minimum Gasteiger partial charge on any atom is -0.490 e. The Balaban J connectivity index is 1.48. The van der Waals surface area contributed by atoms with E-state index in [-0.39, 0.29) is 29.7 Å². The molecule has 2 atom stereocenters. The number of hydrogen-bond donors (Lipinski definition) is 1. The van der Waals surface area contributed by atoms with Gasteiger partial charge >= 0.3 is 6.09 Å². The van der Waals surface area contributed by atoms with Crippen LogP contribution < -0.4 is 4.74 Å². The quantitative estimate of drug-likeness (QED) is 0.385. The fourth-order valence-electron chi connectivity index (χ4n) is 3.68. The Morgan fingerprint density at radius 3 is 2.35 bits per heavy atom. The van der Waals surface area contributed by atoms with Crippen LogP contribution in [-0.4, -0.2) is 68.3 Å². The Kier molecular flexibility index (Phi) is 8.93. The summed E-state index contributed by atoms with van der Waals surface area (Å²) < 4.78 is 42.0. The van der Waals surface area contributed by atoms with E-state index in [9.17, 15) is 13.2 Å². The zero-order valence-electron chi connectivity index (χ0n) is 20.1. The largest absolute Gasteiger partial charge is 0.490 e. The molecule has 1 heterocycles. The maximum Gasteiger partial charge on any atom is 0.410 e. The number of ether oxygens (including phenoxy) is 3. The molecule has 1 saturated carbocycles. The fraction of sp³-hybridized carbons (Fsp3) is 0.625. The van der Waals surface area contributed by atoms with Crippen LogP contribution in [0.2, 0.25) is 0 Å². The molecule has 10 heteroatoms. The standard InChI is InChI=1S/C24H35N3O6S/c1-4-17(2)32-24(28)27-13-11-20(12-14-27)33-23(26-16-25)15-18(3)31-19-5-7-21(8-6-19)34(29,30)22-9-10-22/h5-8,16-18,20,22,25H,4,9-15H2,1-3H3. The summed E-state index contributed by atoms with van der Waals surface area (Å²) in [6.45, 7) is 6.80. The van der Waals surface area contributed by atoms with Crippen LogP contribution in [0.25, 0.3) is 0 Å². The van der Waals surface area contributed by atoms with Crippen LogP contribution in [0.5, 0.6) is 5.75 Å². The van der Waals surface area contributed by atoms with Crippen LogP contribution in [0, 0.1) is 5.41 Å². The summed E-state index contributed by atoms with van der Waals surface area (Å²) in [5.41, 5.74) is 0. The second-order valence-corrected chi connectivity index (χ2v) is 11.1. The first kappa shape index (κ1) is 26.0. The van der Waals surface area contributed by atoms with Gasteiger partial charge in [-0.3, -0.25) is 5.41 Å². The van der Waals surface area contributed by atoms with E-state index >= 15 is 0 Å². The van der Waals surface area contributed by atoms with Crippen molar-refractivity contribution in [1.82, 2.24) is 4.90 Å². The van der Waals surface area contributed by atoms with Crippen molar-refractivity contribution in [3.63, 3.8) is 0 Å². The van der Waals surface area contributed by atoms with Crippen molar-refractivity contribution >= 4 is 28.2 Å². The number of carbonyl (C=O) groups is 1. The molecule has 0 aromatic heterocycles. The van der Waals surface area contributed by atoms with E-state index in [4.69, 9.17) is 19.6 Å². The van der Waals surface area contributed by atoms with Gasteiger partial charge in [-0.1, -0.05) is 6.92 Å². The zero-order chi connectivity index (χ0) is 24.7.